The molecule has 2 fully saturated rings. The molecule has 0 aromatic heterocycles. The Kier molecular flexibility index (Phi) is 6.31. The van der Waals surface area contributed by atoms with Crippen LogP contribution in [-0.2, 0) is 14.4 Å². The van der Waals surface area contributed by atoms with E-state index in [1.54, 1.807) is 6.92 Å². The predicted molar refractivity (Wildman–Crippen MR) is 91.6 cm³/mol. The highest BCUT2D eigenvalue weighted by molar-refractivity contribution is 8.13. The summed E-state index contributed by atoms with van der Waals surface area (Å²) >= 11 is 1.07. The van der Waals surface area contributed by atoms with E-state index in [2.05, 4.69) is 0 Å². The first-order chi connectivity index (χ1) is 11.2. The Morgan fingerprint density at radius 1 is 1.25 bits per heavy atom. The summed E-state index contributed by atoms with van der Waals surface area (Å²) in [7, 11) is 0. The van der Waals surface area contributed by atoms with E-state index >= 15 is 0 Å². The van der Waals surface area contributed by atoms with Crippen LogP contribution in [0.3, 0.4) is 0 Å². The fourth-order valence-electron chi connectivity index (χ4n) is 3.90. The lowest BCUT2D eigenvalue weighted by atomic mass is 9.76. The topological polar surface area (TPSA) is 94.9 Å². The molecule has 1 saturated heterocycles. The quantitative estimate of drug-likeness (QED) is 0.780. The lowest BCUT2D eigenvalue weighted by molar-refractivity contribution is -0.149. The number of thioether (sulfide) groups is 1. The molecule has 1 aliphatic heterocycles. The van der Waals surface area contributed by atoms with Crippen molar-refractivity contribution in [1.82, 2.24) is 4.90 Å². The van der Waals surface area contributed by atoms with Gasteiger partial charge in [0.1, 0.15) is 6.04 Å². The number of nitrogens with zero attached hydrogens (tertiary/aromatic N) is 1. The van der Waals surface area contributed by atoms with Crippen molar-refractivity contribution in [2.75, 3.05) is 12.3 Å². The summed E-state index contributed by atoms with van der Waals surface area (Å²) in [6, 6.07) is -0.978. The number of β-amino-alcohol motifs (C(OH)–C–C–N with tert-alkyl or cyclic N) is 1. The zero-order valence-corrected chi connectivity index (χ0v) is 15.2. The number of amides is 1. The maximum absolute atomic E-state index is 12.7. The minimum Gasteiger partial charge on any atom is -0.480 e. The minimum absolute atomic E-state index is 0.0628. The van der Waals surface area contributed by atoms with Gasteiger partial charge in [0.15, 0.2) is 5.12 Å². The third kappa shape index (κ3) is 4.30. The molecule has 0 aromatic rings. The number of aliphatic carboxylic acids is 1. The monoisotopic (exact) mass is 357 g/mol. The summed E-state index contributed by atoms with van der Waals surface area (Å²) in [5.74, 6) is -1.41. The highest BCUT2D eigenvalue weighted by Gasteiger charge is 2.52. The number of carbonyl (C=O) groups excluding carboxylic acids is 2. The Balaban J connectivity index is 2.10. The van der Waals surface area contributed by atoms with Crippen LogP contribution in [0.2, 0.25) is 0 Å². The van der Waals surface area contributed by atoms with Gasteiger partial charge in [0.05, 0.1) is 12.1 Å². The molecule has 1 heterocycles. The zero-order chi connectivity index (χ0) is 17.9. The lowest BCUT2D eigenvalue weighted by Gasteiger charge is -2.35. The van der Waals surface area contributed by atoms with E-state index < -0.39 is 23.5 Å². The molecule has 1 saturated carbocycles. The number of carboxylic acid groups (broad SMARTS) is 1. The van der Waals surface area contributed by atoms with Gasteiger partial charge < -0.3 is 15.1 Å². The van der Waals surface area contributed by atoms with E-state index in [1.807, 2.05) is 0 Å². The first-order valence-corrected chi connectivity index (χ1v) is 9.62. The summed E-state index contributed by atoms with van der Waals surface area (Å²) < 4.78 is 0. The number of aliphatic hydroxyl groups is 1. The lowest BCUT2D eigenvalue weighted by Crippen LogP contribution is -2.45. The van der Waals surface area contributed by atoms with E-state index in [9.17, 15) is 24.6 Å². The molecule has 1 amide bonds. The van der Waals surface area contributed by atoms with Gasteiger partial charge in [-0.3, -0.25) is 9.59 Å². The van der Waals surface area contributed by atoms with E-state index in [4.69, 9.17) is 0 Å². The second-order valence-corrected chi connectivity index (χ2v) is 8.36. The van der Waals surface area contributed by atoms with Gasteiger partial charge in [0.25, 0.3) is 0 Å². The molecule has 0 bridgehead atoms. The summed E-state index contributed by atoms with van der Waals surface area (Å²) in [4.78, 5) is 36.7. The first-order valence-electron chi connectivity index (χ1n) is 8.63. The maximum atomic E-state index is 12.7. The fourth-order valence-corrected chi connectivity index (χ4v) is 4.53. The van der Waals surface area contributed by atoms with Crippen LogP contribution in [0.25, 0.3) is 0 Å². The van der Waals surface area contributed by atoms with Gasteiger partial charge in [-0.25, -0.2) is 4.79 Å². The molecule has 2 unspecified atom stereocenters. The van der Waals surface area contributed by atoms with Crippen molar-refractivity contribution < 1.29 is 24.6 Å². The molecule has 6 nitrogen and oxygen atoms in total. The van der Waals surface area contributed by atoms with E-state index in [1.165, 1.54) is 11.8 Å². The molecule has 7 heteroatoms. The smallest absolute Gasteiger partial charge is 0.326 e. The molecular formula is C17H27NO5S. The van der Waals surface area contributed by atoms with Crippen molar-refractivity contribution in [1.29, 1.82) is 0 Å². The molecular weight excluding hydrogens is 330 g/mol. The van der Waals surface area contributed by atoms with Crippen LogP contribution in [0.1, 0.15) is 52.4 Å². The van der Waals surface area contributed by atoms with Crippen LogP contribution in [-0.4, -0.2) is 56.0 Å². The molecule has 0 spiro atoms. The van der Waals surface area contributed by atoms with Crippen molar-refractivity contribution in [2.24, 2.45) is 11.8 Å². The maximum Gasteiger partial charge on any atom is 0.326 e. The van der Waals surface area contributed by atoms with Crippen molar-refractivity contribution in [3.63, 3.8) is 0 Å². The van der Waals surface area contributed by atoms with Gasteiger partial charge in [-0.15, -0.1) is 0 Å². The number of hydrogen-bond donors (Lipinski definition) is 2. The van der Waals surface area contributed by atoms with Gasteiger partial charge in [0, 0.05) is 25.0 Å². The van der Waals surface area contributed by atoms with Gasteiger partial charge in [0.2, 0.25) is 5.91 Å². The molecule has 3 atom stereocenters. The van der Waals surface area contributed by atoms with Crippen molar-refractivity contribution in [2.45, 2.75) is 64.0 Å². The Morgan fingerprint density at radius 3 is 2.42 bits per heavy atom. The average Bonchev–Trinajstić information content (AvgIpc) is 2.92. The molecule has 24 heavy (non-hydrogen) atoms. The van der Waals surface area contributed by atoms with Gasteiger partial charge >= 0.3 is 5.97 Å². The standard InChI is InChI=1S/C17H27NO5S/c1-11(9-24-12(2)19)15(20)18-10-17(23,8-14(18)16(21)22)13-6-4-3-5-7-13/h11,13-14,23H,3-10H2,1-2H3,(H,21,22)/t11?,14-,17?/m0/s1. The first kappa shape index (κ1) is 19.2. The van der Waals surface area contributed by atoms with Crippen molar-refractivity contribution in [3.05, 3.63) is 0 Å². The third-order valence-corrected chi connectivity index (χ3v) is 6.33. The fraction of sp³-hybridized carbons (Fsp3) is 0.824. The van der Waals surface area contributed by atoms with E-state index in [0.29, 0.717) is 5.75 Å². The highest BCUT2D eigenvalue weighted by Crippen LogP contribution is 2.41. The summed E-state index contributed by atoms with van der Waals surface area (Å²) in [5, 5.41) is 20.5. The number of hydrogen-bond acceptors (Lipinski definition) is 5. The van der Waals surface area contributed by atoms with Gasteiger partial charge in [-0.2, -0.15) is 0 Å². The number of likely N-dealkylation sites (tertiary alicyclic amines) is 1. The second-order valence-electron chi connectivity index (χ2n) is 7.17. The molecule has 2 aliphatic rings. The molecule has 2 N–H and O–H groups in total. The van der Waals surface area contributed by atoms with E-state index in [-0.39, 0.29) is 29.9 Å². The summed E-state index contributed by atoms with van der Waals surface area (Å²) in [5.41, 5.74) is -1.10. The predicted octanol–water partition coefficient (Wildman–Crippen LogP) is 1.90. The Morgan fingerprint density at radius 2 is 1.88 bits per heavy atom. The van der Waals surface area contributed by atoms with Gasteiger partial charge in [-0.1, -0.05) is 37.9 Å². The highest BCUT2D eigenvalue weighted by atomic mass is 32.2. The Hall–Kier alpha value is -1.08. The largest absolute Gasteiger partial charge is 0.480 e. The summed E-state index contributed by atoms with van der Waals surface area (Å²) in [6.45, 7) is 3.23. The normalized spacial score (nSPS) is 29.5. The Labute approximate surface area is 147 Å². The molecule has 0 radical (unpaired) electrons. The Bertz CT molecular complexity index is 505. The van der Waals surface area contributed by atoms with Crippen molar-refractivity contribution in [3.8, 4) is 0 Å². The number of rotatable bonds is 5. The van der Waals surface area contributed by atoms with Crippen LogP contribution >= 0.6 is 11.8 Å². The van der Waals surface area contributed by atoms with Crippen LogP contribution < -0.4 is 0 Å². The summed E-state index contributed by atoms with van der Waals surface area (Å²) in [6.07, 6.45) is 5.12. The van der Waals surface area contributed by atoms with Crippen LogP contribution in [0.15, 0.2) is 0 Å². The number of carboxylic acids is 1. The van der Waals surface area contributed by atoms with Crippen LogP contribution in [0.5, 0.6) is 0 Å². The average molecular weight is 357 g/mol. The molecule has 136 valence electrons. The van der Waals surface area contributed by atoms with Crippen molar-refractivity contribution >= 4 is 28.8 Å². The second kappa shape index (κ2) is 7.87. The number of carbonyl (C=O) groups is 3. The third-order valence-electron chi connectivity index (χ3n) is 5.26. The SMILES string of the molecule is CC(=O)SCC(C)C(=O)N1CC(O)(C2CCCCC2)C[C@H]1C(=O)O. The van der Waals surface area contributed by atoms with Gasteiger partial charge in [-0.05, 0) is 18.8 Å². The van der Waals surface area contributed by atoms with Crippen LogP contribution in [0.4, 0.5) is 0 Å². The molecule has 1 aliphatic carbocycles. The van der Waals surface area contributed by atoms with Crippen LogP contribution in [0, 0.1) is 11.8 Å². The zero-order valence-electron chi connectivity index (χ0n) is 14.4. The van der Waals surface area contributed by atoms with E-state index in [0.717, 1.165) is 43.9 Å². The minimum atomic E-state index is -1.10. The molecule has 0 aromatic carbocycles. The molecule has 2 rings (SSSR count).